The van der Waals surface area contributed by atoms with Crippen molar-refractivity contribution in [1.29, 1.82) is 0 Å². The number of fused-ring (bicyclic) bond motifs is 1. The highest BCUT2D eigenvalue weighted by Gasteiger charge is 2.31. The van der Waals surface area contributed by atoms with Crippen molar-refractivity contribution in [3.8, 4) is 11.1 Å². The number of anilines is 1. The first kappa shape index (κ1) is 17.6. The first-order valence-electron chi connectivity index (χ1n) is 7.90. The van der Waals surface area contributed by atoms with Crippen molar-refractivity contribution >= 4 is 25.2 Å². The van der Waals surface area contributed by atoms with Crippen LogP contribution < -0.4 is 4.90 Å². The van der Waals surface area contributed by atoms with Crippen LogP contribution in [0.15, 0.2) is 78.9 Å². The fourth-order valence-electron chi connectivity index (χ4n) is 2.66. The first-order valence-corrected chi connectivity index (χ1v) is 7.90. The second kappa shape index (κ2) is 7.78. The summed E-state index contributed by atoms with van der Waals surface area (Å²) >= 11 is 0. The summed E-state index contributed by atoms with van der Waals surface area (Å²) in [6.07, 6.45) is 0. The van der Waals surface area contributed by atoms with Gasteiger partial charge in [0.15, 0.2) is 0 Å². The van der Waals surface area contributed by atoms with Crippen LogP contribution in [0.1, 0.15) is 20.7 Å². The van der Waals surface area contributed by atoms with Crippen LogP contribution >= 0.6 is 0 Å². The zero-order valence-corrected chi connectivity index (χ0v) is 13.7. The summed E-state index contributed by atoms with van der Waals surface area (Å²) in [7, 11) is 0. The zero-order valence-electron chi connectivity index (χ0n) is 13.7. The van der Waals surface area contributed by atoms with Gasteiger partial charge in [0.2, 0.25) is 0 Å². The van der Waals surface area contributed by atoms with E-state index in [-0.39, 0.29) is 19.5 Å². The third-order valence-electron chi connectivity index (χ3n) is 3.91. The molecule has 0 aliphatic heterocycles. The third kappa shape index (κ3) is 3.56. The Morgan fingerprint density at radius 2 is 1.19 bits per heavy atom. The van der Waals surface area contributed by atoms with Gasteiger partial charge in [-0.05, 0) is 42.0 Å². The molecule has 2 amide bonds. The van der Waals surface area contributed by atoms with E-state index in [4.69, 9.17) is 10.0 Å². The van der Waals surface area contributed by atoms with E-state index in [1.54, 1.807) is 48.5 Å². The fourth-order valence-corrected chi connectivity index (χ4v) is 2.66. The molecule has 5 nitrogen and oxygen atoms in total. The molecule has 0 fully saturated rings. The van der Waals surface area contributed by atoms with Crippen LogP contribution in [0.5, 0.6) is 0 Å². The van der Waals surface area contributed by atoms with E-state index in [2.05, 4.69) is 0 Å². The predicted molar refractivity (Wildman–Crippen MR) is 99.7 cm³/mol. The number of hydrogen-bond acceptors (Lipinski definition) is 4. The van der Waals surface area contributed by atoms with Crippen LogP contribution in [0.25, 0.3) is 11.1 Å². The Morgan fingerprint density at radius 3 is 1.54 bits per heavy atom. The molecule has 0 saturated heterocycles. The molecule has 0 atom stereocenters. The highest BCUT2D eigenvalue weighted by molar-refractivity contribution is 6.27. The molecular weight excluding hydrogens is 329 g/mol. The number of carbonyl (C=O) groups is 2. The highest BCUT2D eigenvalue weighted by atomic mass is 16.4. The van der Waals surface area contributed by atoms with Gasteiger partial charge in [0.1, 0.15) is 0 Å². The number of hydrogen-bond donors (Lipinski definition) is 2. The number of benzene rings is 3. The Bertz CT molecular complexity index is 878. The maximum absolute atomic E-state index is 12.9. The third-order valence-corrected chi connectivity index (χ3v) is 3.91. The Hall–Kier alpha value is -3.22. The molecule has 0 heterocycles. The van der Waals surface area contributed by atoms with Gasteiger partial charge in [-0.1, -0.05) is 42.5 Å². The largest absolute Gasteiger partial charge is 0.482 e. The van der Waals surface area contributed by atoms with Gasteiger partial charge < -0.3 is 10.0 Å². The fraction of sp³-hybridized carbons (Fsp3) is 0. The molecule has 2 aliphatic carbocycles. The van der Waals surface area contributed by atoms with E-state index >= 15 is 0 Å². The highest BCUT2D eigenvalue weighted by Crippen LogP contribution is 2.44. The lowest BCUT2D eigenvalue weighted by molar-refractivity contribution is 0.0898. The molecule has 0 bridgehead atoms. The van der Waals surface area contributed by atoms with Crippen molar-refractivity contribution in [2.45, 2.75) is 0 Å². The summed E-state index contributed by atoms with van der Waals surface area (Å²) in [5.74, 6) is -0.624. The van der Waals surface area contributed by atoms with Crippen molar-refractivity contribution in [3.05, 3.63) is 90.0 Å². The summed E-state index contributed by atoms with van der Waals surface area (Å²) in [4.78, 5) is 27.1. The minimum absolute atomic E-state index is 0. The quantitative estimate of drug-likeness (QED) is 0.442. The maximum atomic E-state index is 12.9. The Morgan fingerprint density at radius 1 is 0.731 bits per heavy atom. The SMILES string of the molecule is O=C(c1ccccc1)N(C(=O)c1ccccc1)c1ccc2cc1-2.O[B]O. The summed E-state index contributed by atoms with van der Waals surface area (Å²) in [6.45, 7) is 0. The van der Waals surface area contributed by atoms with Crippen LogP contribution in [0, 0.1) is 0 Å². The van der Waals surface area contributed by atoms with Gasteiger partial charge in [-0.3, -0.25) is 9.59 Å². The normalized spacial score (nSPS) is 10.2. The van der Waals surface area contributed by atoms with Crippen molar-refractivity contribution < 1.29 is 19.6 Å². The van der Waals surface area contributed by atoms with Crippen molar-refractivity contribution in [2.75, 3.05) is 4.90 Å². The minimum Gasteiger partial charge on any atom is -0.429 e. The van der Waals surface area contributed by atoms with Crippen LogP contribution in [0.2, 0.25) is 0 Å². The molecule has 2 aromatic rings. The van der Waals surface area contributed by atoms with Gasteiger partial charge in [-0.15, -0.1) is 0 Å². The van der Waals surface area contributed by atoms with Gasteiger partial charge >= 0.3 is 7.69 Å². The van der Waals surface area contributed by atoms with Gasteiger partial charge in [0.05, 0.1) is 5.69 Å². The average molecular weight is 344 g/mol. The number of carbonyl (C=O) groups excluding carboxylic acids is 2. The van der Waals surface area contributed by atoms with Gasteiger partial charge in [0.25, 0.3) is 11.8 Å². The molecule has 0 aromatic heterocycles. The van der Waals surface area contributed by atoms with Gasteiger partial charge in [0, 0.05) is 16.7 Å². The average Bonchev–Trinajstić information content (AvgIpc) is 3.36. The minimum atomic E-state index is -0.312. The summed E-state index contributed by atoms with van der Waals surface area (Å²) in [6, 6.07) is 23.5. The van der Waals surface area contributed by atoms with Gasteiger partial charge in [-0.2, -0.15) is 0 Å². The topological polar surface area (TPSA) is 77.8 Å². The molecule has 4 rings (SSSR count). The molecular formula is C20H15BNO4. The number of rotatable bonds is 3. The molecule has 0 spiro atoms. The van der Waals surface area contributed by atoms with E-state index in [0.717, 1.165) is 11.1 Å². The molecule has 0 saturated carbocycles. The smallest absolute Gasteiger partial charge is 0.429 e. The number of imide groups is 1. The molecule has 127 valence electrons. The van der Waals surface area contributed by atoms with E-state index in [1.807, 2.05) is 30.3 Å². The zero-order chi connectivity index (χ0) is 18.5. The number of nitrogens with zero attached hydrogens (tertiary/aromatic N) is 1. The standard InChI is InChI=1S/C20H13NO2.BH2O2/c22-19(14-7-3-1-4-8-14)21(18-12-11-16-13-17(16)18)20(23)15-9-5-2-6-10-15;2-1-3/h1-13H;2-3H. The molecule has 2 aromatic carbocycles. The first-order chi connectivity index (χ1) is 12.7. The lowest BCUT2D eigenvalue weighted by Crippen LogP contribution is -2.36. The van der Waals surface area contributed by atoms with E-state index in [9.17, 15) is 9.59 Å². The van der Waals surface area contributed by atoms with Crippen LogP contribution in [-0.2, 0) is 0 Å². The summed E-state index contributed by atoms with van der Waals surface area (Å²) in [5.41, 5.74) is 3.70. The molecule has 0 unspecified atom stereocenters. The molecule has 26 heavy (non-hydrogen) atoms. The lowest BCUT2D eigenvalue weighted by atomic mass is 10.1. The van der Waals surface area contributed by atoms with Crippen LogP contribution in [0.3, 0.4) is 0 Å². The Labute approximate surface area is 151 Å². The predicted octanol–water partition coefficient (Wildman–Crippen LogP) is 2.66. The van der Waals surface area contributed by atoms with Gasteiger partial charge in [-0.25, -0.2) is 4.90 Å². The maximum Gasteiger partial charge on any atom is 0.482 e. The Balaban J connectivity index is 0.000000613. The molecule has 2 aliphatic rings. The summed E-state index contributed by atoms with van der Waals surface area (Å²) in [5, 5.41) is 14.0. The molecule has 6 heteroatoms. The lowest BCUT2D eigenvalue weighted by Gasteiger charge is -2.20. The molecule has 1 radical (unpaired) electrons. The number of amides is 2. The van der Waals surface area contributed by atoms with Crippen LogP contribution in [-0.4, -0.2) is 29.5 Å². The van der Waals surface area contributed by atoms with Crippen molar-refractivity contribution in [1.82, 2.24) is 0 Å². The van der Waals surface area contributed by atoms with E-state index in [1.165, 1.54) is 4.90 Å². The Kier molecular flexibility index (Phi) is 5.27. The van der Waals surface area contributed by atoms with Crippen molar-refractivity contribution in [2.24, 2.45) is 0 Å². The monoisotopic (exact) mass is 344 g/mol. The van der Waals surface area contributed by atoms with Crippen LogP contribution in [0.4, 0.5) is 5.69 Å². The second-order valence-electron chi connectivity index (χ2n) is 5.53. The molecule has 2 N–H and O–H groups in total. The van der Waals surface area contributed by atoms with E-state index in [0.29, 0.717) is 16.8 Å². The van der Waals surface area contributed by atoms with Crippen molar-refractivity contribution in [3.63, 3.8) is 0 Å². The second-order valence-corrected chi connectivity index (χ2v) is 5.53. The summed E-state index contributed by atoms with van der Waals surface area (Å²) < 4.78 is 0. The van der Waals surface area contributed by atoms with E-state index < -0.39 is 0 Å².